The molecule has 0 spiro atoms. The SMILES string of the molecule is C=C(c1cncn1/C=C\C)[C@H](Nc1cc(Cl)c2ncc(C#N)c(NCC(C)(C)C)c2c1)C1=CN(C2CC2)NN1. The lowest BCUT2D eigenvalue weighted by atomic mass is 9.96. The van der Waals surface area contributed by atoms with E-state index in [2.05, 4.69) is 76.2 Å². The van der Waals surface area contributed by atoms with Crippen molar-refractivity contribution < 1.29 is 0 Å². The van der Waals surface area contributed by atoms with Crippen LogP contribution >= 0.6 is 11.6 Å². The fraction of sp³-hybridized carbons (Fsp3) is 0.345. The van der Waals surface area contributed by atoms with Gasteiger partial charge >= 0.3 is 0 Å². The number of hydrazine groups is 2. The first-order valence-corrected chi connectivity index (χ1v) is 13.4. The lowest BCUT2D eigenvalue weighted by molar-refractivity contribution is 0.261. The summed E-state index contributed by atoms with van der Waals surface area (Å²) in [5.74, 6) is 0. The van der Waals surface area contributed by atoms with Crippen LogP contribution in [0.5, 0.6) is 0 Å². The predicted molar refractivity (Wildman–Crippen MR) is 158 cm³/mol. The highest BCUT2D eigenvalue weighted by molar-refractivity contribution is 6.35. The third-order valence-electron chi connectivity index (χ3n) is 6.66. The summed E-state index contributed by atoms with van der Waals surface area (Å²) >= 11 is 6.77. The molecule has 3 heterocycles. The van der Waals surface area contributed by atoms with Gasteiger partial charge in [-0.25, -0.2) is 4.98 Å². The molecular formula is C29H34ClN9. The van der Waals surface area contributed by atoms with Gasteiger partial charge in [0.25, 0.3) is 0 Å². The van der Waals surface area contributed by atoms with E-state index in [0.29, 0.717) is 28.7 Å². The summed E-state index contributed by atoms with van der Waals surface area (Å²) in [7, 11) is 0. The number of anilines is 2. The van der Waals surface area contributed by atoms with E-state index in [1.54, 1.807) is 12.5 Å². The fourth-order valence-corrected chi connectivity index (χ4v) is 4.78. The molecule has 202 valence electrons. The molecule has 0 saturated heterocycles. The Morgan fingerprint density at radius 3 is 2.82 bits per heavy atom. The van der Waals surface area contributed by atoms with Crippen molar-refractivity contribution in [1.82, 2.24) is 30.5 Å². The van der Waals surface area contributed by atoms with Crippen molar-refractivity contribution in [2.75, 3.05) is 17.2 Å². The van der Waals surface area contributed by atoms with E-state index in [1.165, 1.54) is 0 Å². The molecule has 1 aromatic carbocycles. The van der Waals surface area contributed by atoms with Gasteiger partial charge in [-0.1, -0.05) is 45.0 Å². The molecule has 1 aliphatic heterocycles. The lowest BCUT2D eigenvalue weighted by Gasteiger charge is -2.24. The third kappa shape index (κ3) is 5.72. The fourth-order valence-electron chi connectivity index (χ4n) is 4.51. The van der Waals surface area contributed by atoms with E-state index in [1.807, 2.05) is 42.1 Å². The maximum atomic E-state index is 9.83. The minimum Gasteiger partial charge on any atom is -0.383 e. The smallest absolute Gasteiger partial charge is 0.103 e. The van der Waals surface area contributed by atoms with Crippen molar-refractivity contribution in [2.45, 2.75) is 52.6 Å². The molecule has 1 aliphatic carbocycles. The minimum absolute atomic E-state index is 0.0156. The zero-order chi connectivity index (χ0) is 27.7. The van der Waals surface area contributed by atoms with Crippen LogP contribution in [-0.2, 0) is 0 Å². The predicted octanol–water partition coefficient (Wildman–Crippen LogP) is 5.73. The Labute approximate surface area is 234 Å². The molecule has 2 aliphatic rings. The number of pyridine rings is 1. The second kappa shape index (κ2) is 10.6. The number of hydrogen-bond donors (Lipinski definition) is 4. The number of imidazole rings is 1. The highest BCUT2D eigenvalue weighted by Crippen LogP contribution is 2.36. The van der Waals surface area contributed by atoms with Crippen LogP contribution in [0.3, 0.4) is 0 Å². The second-order valence-corrected chi connectivity index (χ2v) is 11.6. The number of nitriles is 1. The molecule has 0 unspecified atom stereocenters. The zero-order valence-electron chi connectivity index (χ0n) is 22.7. The van der Waals surface area contributed by atoms with Crippen LogP contribution in [0.25, 0.3) is 22.7 Å². The average Bonchev–Trinajstić information content (AvgIpc) is 3.44. The van der Waals surface area contributed by atoms with E-state index < -0.39 is 0 Å². The average molecular weight is 544 g/mol. The molecule has 3 aromatic rings. The number of halogens is 1. The van der Waals surface area contributed by atoms with E-state index in [0.717, 1.165) is 46.6 Å². The van der Waals surface area contributed by atoms with E-state index in [9.17, 15) is 5.26 Å². The number of allylic oxidation sites excluding steroid dienone is 1. The topological polar surface area (TPSA) is 106 Å². The van der Waals surface area contributed by atoms with Gasteiger partial charge in [-0.15, -0.1) is 5.53 Å². The Kier molecular flexibility index (Phi) is 7.25. The Balaban J connectivity index is 1.56. The van der Waals surface area contributed by atoms with E-state index in [4.69, 9.17) is 11.6 Å². The Bertz CT molecular complexity index is 1500. The number of fused-ring (bicyclic) bond motifs is 1. The number of hydrogen-bond acceptors (Lipinski definition) is 8. The molecular weight excluding hydrogens is 510 g/mol. The van der Waals surface area contributed by atoms with Crippen LogP contribution in [0.2, 0.25) is 5.02 Å². The maximum absolute atomic E-state index is 9.83. The van der Waals surface area contributed by atoms with Crippen LogP contribution in [0.1, 0.15) is 51.8 Å². The molecule has 10 heteroatoms. The molecule has 1 saturated carbocycles. The van der Waals surface area contributed by atoms with Crippen molar-refractivity contribution >= 4 is 45.7 Å². The van der Waals surface area contributed by atoms with Crippen LogP contribution in [0.4, 0.5) is 11.4 Å². The Morgan fingerprint density at radius 2 is 2.13 bits per heavy atom. The Hall–Kier alpha value is -4.00. The first-order chi connectivity index (χ1) is 18.7. The molecule has 2 aromatic heterocycles. The Morgan fingerprint density at radius 1 is 1.33 bits per heavy atom. The monoisotopic (exact) mass is 543 g/mol. The molecule has 0 bridgehead atoms. The molecule has 1 fully saturated rings. The second-order valence-electron chi connectivity index (χ2n) is 11.2. The lowest BCUT2D eigenvalue weighted by Crippen LogP contribution is -2.40. The van der Waals surface area contributed by atoms with Crippen LogP contribution in [0.15, 0.2) is 55.4 Å². The maximum Gasteiger partial charge on any atom is 0.103 e. The van der Waals surface area contributed by atoms with Gasteiger partial charge in [0.05, 0.1) is 51.7 Å². The highest BCUT2D eigenvalue weighted by atomic mass is 35.5. The molecule has 0 amide bonds. The summed E-state index contributed by atoms with van der Waals surface area (Å²) in [4.78, 5) is 8.84. The molecule has 0 radical (unpaired) electrons. The van der Waals surface area contributed by atoms with E-state index >= 15 is 0 Å². The van der Waals surface area contributed by atoms with Gasteiger partial charge in [-0.05, 0) is 42.9 Å². The van der Waals surface area contributed by atoms with Crippen molar-refractivity contribution in [1.29, 1.82) is 5.26 Å². The first kappa shape index (κ1) is 26.6. The van der Waals surface area contributed by atoms with Crippen molar-refractivity contribution in [3.63, 3.8) is 0 Å². The minimum atomic E-state index is -0.325. The van der Waals surface area contributed by atoms with E-state index in [-0.39, 0.29) is 11.5 Å². The van der Waals surface area contributed by atoms with Gasteiger partial charge in [-0.2, -0.15) is 5.26 Å². The molecule has 39 heavy (non-hydrogen) atoms. The molecule has 9 nitrogen and oxygen atoms in total. The third-order valence-corrected chi connectivity index (χ3v) is 6.95. The van der Waals surface area contributed by atoms with Crippen LogP contribution in [0, 0.1) is 16.7 Å². The van der Waals surface area contributed by atoms with Gasteiger partial charge in [0.2, 0.25) is 0 Å². The van der Waals surface area contributed by atoms with Crippen molar-refractivity contribution in [2.24, 2.45) is 5.41 Å². The number of nitrogens with zero attached hydrogens (tertiary/aromatic N) is 5. The van der Waals surface area contributed by atoms with Gasteiger partial charge in [-0.3, -0.25) is 9.99 Å². The van der Waals surface area contributed by atoms with Gasteiger partial charge in [0.1, 0.15) is 6.07 Å². The number of nitrogens with one attached hydrogen (secondary N) is 4. The number of benzene rings is 1. The van der Waals surface area contributed by atoms with Crippen molar-refractivity contribution in [3.05, 3.63) is 71.7 Å². The summed E-state index contributed by atoms with van der Waals surface area (Å²) in [6.07, 6.45) is 13.5. The molecule has 5 rings (SSSR count). The van der Waals surface area contributed by atoms with Gasteiger partial charge in [0, 0.05) is 42.3 Å². The quantitative estimate of drug-likeness (QED) is 0.271. The summed E-state index contributed by atoms with van der Waals surface area (Å²) < 4.78 is 1.95. The standard InChI is InChI=1S/C29H34ClN9/c1-6-9-38-17-32-14-25(38)18(2)26(24-15-39(37-36-24)21-7-8-21)35-20-10-22-27(34-16-29(3,4)5)19(12-31)13-33-28(22)23(30)11-20/h6,9-11,13-15,17,21,26,35-37H,2,7-8,16H2,1,3-5H3,(H,33,34)/b9-6-/t26-/m0/s1. The summed E-state index contributed by atoms with van der Waals surface area (Å²) in [6.45, 7) is 13.5. The van der Waals surface area contributed by atoms with Crippen LogP contribution < -0.4 is 21.6 Å². The molecule has 1 atom stereocenters. The normalized spacial score (nSPS) is 16.2. The summed E-state index contributed by atoms with van der Waals surface area (Å²) in [5.41, 5.74) is 11.8. The highest BCUT2D eigenvalue weighted by Gasteiger charge is 2.33. The van der Waals surface area contributed by atoms with Crippen molar-refractivity contribution in [3.8, 4) is 6.07 Å². The number of rotatable bonds is 9. The summed E-state index contributed by atoms with van der Waals surface area (Å²) in [6, 6.07) is 6.29. The summed E-state index contributed by atoms with van der Waals surface area (Å²) in [5, 5.41) is 20.3. The van der Waals surface area contributed by atoms with Gasteiger partial charge in [0.15, 0.2) is 0 Å². The largest absolute Gasteiger partial charge is 0.383 e. The number of aromatic nitrogens is 3. The molecule has 4 N–H and O–H groups in total. The zero-order valence-corrected chi connectivity index (χ0v) is 23.5. The van der Waals surface area contributed by atoms with Crippen LogP contribution in [-0.4, -0.2) is 38.2 Å². The van der Waals surface area contributed by atoms with Gasteiger partial charge < -0.3 is 20.6 Å². The first-order valence-electron chi connectivity index (χ1n) is 13.1.